The van der Waals surface area contributed by atoms with Crippen LogP contribution in [-0.4, -0.2) is 49.5 Å². The van der Waals surface area contributed by atoms with Crippen LogP contribution >= 0.6 is 0 Å². The molecule has 2 rings (SSSR count). The van der Waals surface area contributed by atoms with Gasteiger partial charge in [-0.15, -0.1) is 0 Å². The highest BCUT2D eigenvalue weighted by atomic mass is 19.1. The van der Waals surface area contributed by atoms with Crippen molar-refractivity contribution in [2.45, 2.75) is 12.2 Å². The predicted octanol–water partition coefficient (Wildman–Crippen LogP) is 2.30. The lowest BCUT2D eigenvalue weighted by atomic mass is 10.1. The van der Waals surface area contributed by atoms with Crippen LogP contribution in [0.2, 0.25) is 0 Å². The Kier molecular flexibility index (Phi) is 7.85. The number of rotatable bonds is 10. The zero-order valence-electron chi connectivity index (χ0n) is 15.3. The number of hydrogen-bond acceptors (Lipinski definition) is 7. The maximum absolute atomic E-state index is 12.9. The fourth-order valence-corrected chi connectivity index (χ4v) is 2.35. The number of carbonyl (C=O) groups is 2. The summed E-state index contributed by atoms with van der Waals surface area (Å²) in [5, 5.41) is 9.34. The van der Waals surface area contributed by atoms with Crippen molar-refractivity contribution >= 4 is 11.9 Å². The molecule has 0 radical (unpaired) electrons. The summed E-state index contributed by atoms with van der Waals surface area (Å²) >= 11 is 0. The first kappa shape index (κ1) is 21.3. The van der Waals surface area contributed by atoms with Crippen LogP contribution in [0.3, 0.4) is 0 Å². The van der Waals surface area contributed by atoms with Gasteiger partial charge >= 0.3 is 11.9 Å². The maximum Gasteiger partial charge on any atom is 0.341 e. The van der Waals surface area contributed by atoms with Crippen molar-refractivity contribution in [3.63, 3.8) is 0 Å². The number of carboxylic acids is 1. The van der Waals surface area contributed by atoms with Gasteiger partial charge in [0.15, 0.2) is 12.2 Å². The highest BCUT2D eigenvalue weighted by Gasteiger charge is 2.24. The lowest BCUT2D eigenvalue weighted by molar-refractivity contribution is -0.160. The van der Waals surface area contributed by atoms with E-state index >= 15 is 0 Å². The summed E-state index contributed by atoms with van der Waals surface area (Å²) < 4.78 is 33.4. The molecule has 1 aromatic carbocycles. The molecule has 0 amide bonds. The van der Waals surface area contributed by atoms with Gasteiger partial charge in [-0.3, -0.25) is 4.98 Å². The Labute approximate surface area is 160 Å². The van der Waals surface area contributed by atoms with Gasteiger partial charge in [0.25, 0.3) is 0 Å². The Balaban J connectivity index is 1.88. The van der Waals surface area contributed by atoms with Crippen LogP contribution in [0.4, 0.5) is 4.39 Å². The molecule has 150 valence electrons. The van der Waals surface area contributed by atoms with Gasteiger partial charge < -0.3 is 24.1 Å². The number of aromatic nitrogens is 1. The average molecular weight is 393 g/mol. The van der Waals surface area contributed by atoms with Crippen LogP contribution in [0.15, 0.2) is 42.6 Å². The monoisotopic (exact) mass is 393 g/mol. The number of carboxylic acid groups (broad SMARTS) is 1. The number of ether oxygens (including phenoxy) is 4. The van der Waals surface area contributed by atoms with Crippen molar-refractivity contribution in [1.82, 2.24) is 4.98 Å². The van der Waals surface area contributed by atoms with Crippen LogP contribution in [0.5, 0.6) is 5.75 Å². The van der Waals surface area contributed by atoms with Crippen molar-refractivity contribution in [3.8, 4) is 5.75 Å². The second-order valence-corrected chi connectivity index (χ2v) is 5.55. The van der Waals surface area contributed by atoms with Gasteiger partial charge in [-0.2, -0.15) is 0 Å². The molecule has 0 aliphatic rings. The van der Waals surface area contributed by atoms with Crippen LogP contribution in [0, 0.1) is 5.82 Å². The SMILES string of the molecule is COc1ccc([C@H](OCCOC(=O)[C@@H](OC)c2ccc(F)cn2)C(=O)O)cc1. The maximum atomic E-state index is 12.9. The Bertz CT molecular complexity index is 780. The molecule has 2 aromatic rings. The highest BCUT2D eigenvalue weighted by Crippen LogP contribution is 2.21. The second kappa shape index (κ2) is 10.3. The molecule has 9 heteroatoms. The smallest absolute Gasteiger partial charge is 0.341 e. The van der Waals surface area contributed by atoms with Crippen molar-refractivity contribution in [2.75, 3.05) is 27.4 Å². The Morgan fingerprint density at radius 1 is 1.07 bits per heavy atom. The van der Waals surface area contributed by atoms with Gasteiger partial charge in [-0.25, -0.2) is 14.0 Å². The summed E-state index contributed by atoms with van der Waals surface area (Å²) in [6, 6.07) is 8.85. The van der Waals surface area contributed by atoms with Crippen molar-refractivity contribution in [2.24, 2.45) is 0 Å². The van der Waals surface area contributed by atoms with Crippen molar-refractivity contribution in [3.05, 3.63) is 59.7 Å². The van der Waals surface area contributed by atoms with E-state index in [1.807, 2.05) is 0 Å². The third kappa shape index (κ3) is 5.73. The fraction of sp³-hybridized carbons (Fsp3) is 0.316. The van der Waals surface area contributed by atoms with E-state index in [-0.39, 0.29) is 18.9 Å². The van der Waals surface area contributed by atoms with Gasteiger partial charge in [0.1, 0.15) is 18.2 Å². The molecule has 0 fully saturated rings. The molecule has 0 aliphatic carbocycles. The zero-order chi connectivity index (χ0) is 20.5. The number of carbonyl (C=O) groups excluding carboxylic acids is 1. The summed E-state index contributed by atoms with van der Waals surface area (Å²) in [6.45, 7) is -0.345. The number of hydrogen-bond donors (Lipinski definition) is 1. The fourth-order valence-electron chi connectivity index (χ4n) is 2.35. The standard InChI is InChI=1S/C19H20FNO7/c1-25-14-6-3-12(4-7-14)16(18(22)23)27-9-10-28-19(24)17(26-2)15-8-5-13(20)11-21-15/h3-8,11,16-17H,9-10H2,1-2H3,(H,22,23)/t16-,17-/m0/s1. The molecule has 0 spiro atoms. The molecule has 28 heavy (non-hydrogen) atoms. The van der Waals surface area contributed by atoms with Crippen molar-refractivity contribution in [1.29, 1.82) is 0 Å². The third-order valence-corrected chi connectivity index (χ3v) is 3.72. The lowest BCUT2D eigenvalue weighted by Crippen LogP contribution is -2.22. The minimum absolute atomic E-state index is 0.151. The van der Waals surface area contributed by atoms with Gasteiger partial charge in [0, 0.05) is 7.11 Å². The molecule has 1 N–H and O–H groups in total. The Hall–Kier alpha value is -3.04. The molecule has 2 atom stereocenters. The van der Waals surface area contributed by atoms with E-state index in [1.165, 1.54) is 20.3 Å². The Morgan fingerprint density at radius 2 is 1.79 bits per heavy atom. The van der Waals surface area contributed by atoms with Crippen LogP contribution in [0.1, 0.15) is 23.5 Å². The van der Waals surface area contributed by atoms with Crippen LogP contribution < -0.4 is 4.74 Å². The summed E-state index contributed by atoms with van der Waals surface area (Å²) in [5.41, 5.74) is 0.612. The van der Waals surface area contributed by atoms with E-state index in [0.29, 0.717) is 11.3 Å². The largest absolute Gasteiger partial charge is 0.497 e. The number of halogens is 1. The van der Waals surface area contributed by atoms with Gasteiger partial charge in [0.2, 0.25) is 0 Å². The second-order valence-electron chi connectivity index (χ2n) is 5.55. The number of aliphatic carboxylic acids is 1. The van der Waals surface area contributed by atoms with E-state index in [0.717, 1.165) is 12.3 Å². The number of benzene rings is 1. The summed E-state index contributed by atoms with van der Waals surface area (Å²) in [5.74, 6) is -1.89. The molecule has 0 bridgehead atoms. The molecule has 0 saturated carbocycles. The molecule has 1 heterocycles. The van der Waals surface area contributed by atoms with E-state index in [9.17, 15) is 19.1 Å². The molecular formula is C19H20FNO7. The van der Waals surface area contributed by atoms with E-state index in [4.69, 9.17) is 18.9 Å². The highest BCUT2D eigenvalue weighted by molar-refractivity contribution is 5.76. The minimum Gasteiger partial charge on any atom is -0.497 e. The van der Waals surface area contributed by atoms with E-state index < -0.39 is 30.0 Å². The van der Waals surface area contributed by atoms with Crippen LogP contribution in [-0.2, 0) is 23.8 Å². The lowest BCUT2D eigenvalue weighted by Gasteiger charge is -2.16. The van der Waals surface area contributed by atoms with E-state index in [1.54, 1.807) is 24.3 Å². The molecule has 8 nitrogen and oxygen atoms in total. The van der Waals surface area contributed by atoms with Crippen LogP contribution in [0.25, 0.3) is 0 Å². The minimum atomic E-state index is -1.22. The Morgan fingerprint density at radius 3 is 2.32 bits per heavy atom. The quantitative estimate of drug-likeness (QED) is 0.484. The first-order valence-electron chi connectivity index (χ1n) is 8.25. The number of nitrogens with zero attached hydrogens (tertiary/aromatic N) is 1. The van der Waals surface area contributed by atoms with Gasteiger partial charge in [-0.05, 0) is 29.8 Å². The molecular weight excluding hydrogens is 373 g/mol. The van der Waals surface area contributed by atoms with Crippen molar-refractivity contribution < 1.29 is 38.0 Å². The summed E-state index contributed by atoms with van der Waals surface area (Å²) in [6.07, 6.45) is -1.39. The number of methoxy groups -OCH3 is 2. The zero-order valence-corrected chi connectivity index (χ0v) is 15.3. The number of pyridine rings is 1. The molecule has 1 aromatic heterocycles. The predicted molar refractivity (Wildman–Crippen MR) is 94.2 cm³/mol. The molecule has 0 saturated heterocycles. The summed E-state index contributed by atoms with van der Waals surface area (Å²) in [4.78, 5) is 27.3. The van der Waals surface area contributed by atoms with E-state index in [2.05, 4.69) is 4.98 Å². The average Bonchev–Trinajstić information content (AvgIpc) is 2.70. The first-order valence-corrected chi connectivity index (χ1v) is 8.25. The third-order valence-electron chi connectivity index (χ3n) is 3.72. The number of esters is 1. The van der Waals surface area contributed by atoms with Gasteiger partial charge in [0.05, 0.1) is 25.6 Å². The first-order chi connectivity index (χ1) is 13.5. The normalized spacial score (nSPS) is 12.8. The molecule has 0 unspecified atom stereocenters. The topological polar surface area (TPSA) is 104 Å². The van der Waals surface area contributed by atoms with Gasteiger partial charge in [-0.1, -0.05) is 12.1 Å². The molecule has 0 aliphatic heterocycles. The summed E-state index contributed by atoms with van der Waals surface area (Å²) in [7, 11) is 2.79.